The van der Waals surface area contributed by atoms with E-state index in [2.05, 4.69) is 15.9 Å². The average molecular weight is 387 g/mol. The number of halogens is 1. The lowest BCUT2D eigenvalue weighted by molar-refractivity contribution is 0.0535. The van der Waals surface area contributed by atoms with E-state index in [0.29, 0.717) is 31.7 Å². The molecule has 2 aromatic rings. The predicted molar refractivity (Wildman–Crippen MR) is 97.1 cm³/mol. The number of benzene rings is 2. The van der Waals surface area contributed by atoms with E-state index in [-0.39, 0.29) is 11.8 Å². The van der Waals surface area contributed by atoms with E-state index in [0.717, 1.165) is 15.6 Å². The zero-order valence-corrected chi connectivity index (χ0v) is 15.1. The molecule has 0 atom stereocenters. The summed E-state index contributed by atoms with van der Waals surface area (Å²) in [6, 6.07) is 15.0. The number of piperazine rings is 1. The van der Waals surface area contributed by atoms with E-state index in [4.69, 9.17) is 0 Å². The molecule has 1 heterocycles. The Morgan fingerprint density at radius 2 is 1.38 bits per heavy atom. The van der Waals surface area contributed by atoms with Crippen LogP contribution in [-0.2, 0) is 0 Å². The van der Waals surface area contributed by atoms with Crippen molar-refractivity contribution in [3.8, 4) is 0 Å². The summed E-state index contributed by atoms with van der Waals surface area (Å²) in [6.45, 7) is 4.20. The zero-order valence-electron chi connectivity index (χ0n) is 13.5. The summed E-state index contributed by atoms with van der Waals surface area (Å²) in [5.41, 5.74) is 2.40. The van der Waals surface area contributed by atoms with Crippen molar-refractivity contribution in [1.82, 2.24) is 9.80 Å². The standard InChI is InChI=1S/C19H19BrN2O2/c1-14-4-2-3-5-17(14)19(24)22-12-10-21(11-13-22)18(23)15-6-8-16(20)9-7-15/h2-9H,10-13H2,1H3. The molecule has 0 spiro atoms. The summed E-state index contributed by atoms with van der Waals surface area (Å²) >= 11 is 3.37. The summed E-state index contributed by atoms with van der Waals surface area (Å²) in [5.74, 6) is 0.0642. The number of hydrogen-bond donors (Lipinski definition) is 0. The highest BCUT2D eigenvalue weighted by Gasteiger charge is 2.25. The summed E-state index contributed by atoms with van der Waals surface area (Å²) in [5, 5.41) is 0. The number of carbonyl (C=O) groups is 2. The molecule has 0 aliphatic carbocycles. The molecule has 0 bridgehead atoms. The molecule has 3 rings (SSSR count). The Hall–Kier alpha value is -2.14. The van der Waals surface area contributed by atoms with Crippen molar-refractivity contribution in [2.75, 3.05) is 26.2 Å². The van der Waals surface area contributed by atoms with Gasteiger partial charge in [0.1, 0.15) is 0 Å². The molecular formula is C19H19BrN2O2. The van der Waals surface area contributed by atoms with Crippen LogP contribution in [0.25, 0.3) is 0 Å². The van der Waals surface area contributed by atoms with Gasteiger partial charge in [-0.1, -0.05) is 34.1 Å². The highest BCUT2D eigenvalue weighted by Crippen LogP contribution is 2.16. The third-order valence-electron chi connectivity index (χ3n) is 4.32. The maximum Gasteiger partial charge on any atom is 0.254 e. The molecule has 1 fully saturated rings. The van der Waals surface area contributed by atoms with E-state index in [1.54, 1.807) is 0 Å². The van der Waals surface area contributed by atoms with Crippen LogP contribution in [0, 0.1) is 6.92 Å². The van der Waals surface area contributed by atoms with E-state index >= 15 is 0 Å². The average Bonchev–Trinajstić information content (AvgIpc) is 2.62. The van der Waals surface area contributed by atoms with E-state index in [1.165, 1.54) is 0 Å². The minimum Gasteiger partial charge on any atom is -0.335 e. The SMILES string of the molecule is Cc1ccccc1C(=O)N1CCN(C(=O)c2ccc(Br)cc2)CC1. The molecule has 0 saturated carbocycles. The molecule has 2 amide bonds. The second kappa shape index (κ2) is 7.18. The maximum absolute atomic E-state index is 12.6. The first-order valence-corrected chi connectivity index (χ1v) is 8.75. The van der Waals surface area contributed by atoms with Crippen LogP contribution in [0.1, 0.15) is 26.3 Å². The molecule has 4 nitrogen and oxygen atoms in total. The Labute approximate surface area is 150 Å². The van der Waals surface area contributed by atoms with Crippen LogP contribution in [0.2, 0.25) is 0 Å². The van der Waals surface area contributed by atoms with Gasteiger partial charge in [0, 0.05) is 41.8 Å². The van der Waals surface area contributed by atoms with Crippen molar-refractivity contribution in [3.63, 3.8) is 0 Å². The fourth-order valence-corrected chi connectivity index (χ4v) is 3.14. The van der Waals surface area contributed by atoms with Gasteiger partial charge in [-0.25, -0.2) is 0 Å². The summed E-state index contributed by atoms with van der Waals surface area (Å²) in [4.78, 5) is 28.8. The minimum atomic E-state index is 0.0190. The van der Waals surface area contributed by atoms with Gasteiger partial charge in [0.05, 0.1) is 0 Å². The maximum atomic E-state index is 12.6. The molecule has 24 heavy (non-hydrogen) atoms. The molecule has 5 heteroatoms. The van der Waals surface area contributed by atoms with Gasteiger partial charge >= 0.3 is 0 Å². The molecule has 2 aromatic carbocycles. The lowest BCUT2D eigenvalue weighted by Crippen LogP contribution is -2.50. The van der Waals surface area contributed by atoms with Crippen LogP contribution >= 0.6 is 15.9 Å². The van der Waals surface area contributed by atoms with Crippen LogP contribution in [-0.4, -0.2) is 47.8 Å². The number of aryl methyl sites for hydroxylation is 1. The van der Waals surface area contributed by atoms with Gasteiger partial charge in [-0.2, -0.15) is 0 Å². The summed E-state index contributed by atoms with van der Waals surface area (Å²) in [7, 11) is 0. The molecule has 0 N–H and O–H groups in total. The second-order valence-corrected chi connectivity index (χ2v) is 6.82. The highest BCUT2D eigenvalue weighted by molar-refractivity contribution is 9.10. The Bertz CT molecular complexity index is 750. The molecule has 1 aliphatic heterocycles. The zero-order chi connectivity index (χ0) is 17.1. The molecule has 1 aliphatic rings. The first-order chi connectivity index (χ1) is 11.6. The number of hydrogen-bond acceptors (Lipinski definition) is 2. The van der Waals surface area contributed by atoms with Crippen LogP contribution in [0.15, 0.2) is 53.0 Å². The number of rotatable bonds is 2. The van der Waals surface area contributed by atoms with Gasteiger partial charge in [0.15, 0.2) is 0 Å². The third-order valence-corrected chi connectivity index (χ3v) is 4.85. The van der Waals surface area contributed by atoms with Gasteiger partial charge in [-0.05, 0) is 42.8 Å². The third kappa shape index (κ3) is 3.51. The molecule has 124 valence electrons. The largest absolute Gasteiger partial charge is 0.335 e. The molecular weight excluding hydrogens is 368 g/mol. The lowest BCUT2D eigenvalue weighted by atomic mass is 10.1. The Balaban J connectivity index is 1.63. The first kappa shape index (κ1) is 16.7. The van der Waals surface area contributed by atoms with Gasteiger partial charge in [0.2, 0.25) is 0 Å². The van der Waals surface area contributed by atoms with Crippen molar-refractivity contribution in [1.29, 1.82) is 0 Å². The predicted octanol–water partition coefficient (Wildman–Crippen LogP) is 3.36. The van der Waals surface area contributed by atoms with Crippen molar-refractivity contribution in [3.05, 3.63) is 69.7 Å². The van der Waals surface area contributed by atoms with Gasteiger partial charge in [-0.3, -0.25) is 9.59 Å². The van der Waals surface area contributed by atoms with Crippen molar-refractivity contribution >= 4 is 27.7 Å². The van der Waals surface area contributed by atoms with Gasteiger partial charge < -0.3 is 9.80 Å². The number of carbonyl (C=O) groups excluding carboxylic acids is 2. The Kier molecular flexibility index (Phi) is 5.00. The monoisotopic (exact) mass is 386 g/mol. The molecule has 1 saturated heterocycles. The lowest BCUT2D eigenvalue weighted by Gasteiger charge is -2.35. The minimum absolute atomic E-state index is 0.0190. The van der Waals surface area contributed by atoms with Crippen LogP contribution in [0.5, 0.6) is 0 Å². The van der Waals surface area contributed by atoms with E-state index < -0.39 is 0 Å². The van der Waals surface area contributed by atoms with Crippen molar-refractivity contribution in [2.24, 2.45) is 0 Å². The van der Waals surface area contributed by atoms with Crippen molar-refractivity contribution < 1.29 is 9.59 Å². The van der Waals surface area contributed by atoms with Crippen LogP contribution in [0.4, 0.5) is 0 Å². The number of amides is 2. The topological polar surface area (TPSA) is 40.6 Å². The van der Waals surface area contributed by atoms with Crippen LogP contribution < -0.4 is 0 Å². The van der Waals surface area contributed by atoms with Gasteiger partial charge in [-0.15, -0.1) is 0 Å². The molecule has 0 radical (unpaired) electrons. The smallest absolute Gasteiger partial charge is 0.254 e. The Morgan fingerprint density at radius 3 is 1.96 bits per heavy atom. The normalized spacial score (nSPS) is 14.6. The summed E-state index contributed by atoms with van der Waals surface area (Å²) < 4.78 is 0.952. The highest BCUT2D eigenvalue weighted by atomic mass is 79.9. The second-order valence-electron chi connectivity index (χ2n) is 5.91. The van der Waals surface area contributed by atoms with E-state index in [9.17, 15) is 9.59 Å². The Morgan fingerprint density at radius 1 is 0.833 bits per heavy atom. The van der Waals surface area contributed by atoms with Gasteiger partial charge in [0.25, 0.3) is 11.8 Å². The quantitative estimate of drug-likeness (QED) is 0.793. The summed E-state index contributed by atoms with van der Waals surface area (Å²) in [6.07, 6.45) is 0. The fourth-order valence-electron chi connectivity index (χ4n) is 2.87. The van der Waals surface area contributed by atoms with Crippen molar-refractivity contribution in [2.45, 2.75) is 6.92 Å². The van der Waals surface area contributed by atoms with E-state index in [1.807, 2.05) is 65.3 Å². The molecule has 0 unspecified atom stereocenters. The fraction of sp³-hybridized carbons (Fsp3) is 0.263. The number of nitrogens with zero attached hydrogens (tertiary/aromatic N) is 2. The van der Waals surface area contributed by atoms with Crippen LogP contribution in [0.3, 0.4) is 0 Å². The first-order valence-electron chi connectivity index (χ1n) is 7.96. The molecule has 0 aromatic heterocycles.